The monoisotopic (exact) mass is 417 g/mol. The van der Waals surface area contributed by atoms with E-state index < -0.39 is 0 Å². The molecule has 0 aromatic heterocycles. The van der Waals surface area contributed by atoms with Crippen LogP contribution in [-0.2, 0) is 4.74 Å². The minimum absolute atomic E-state index is 0.0484. The first-order valence-electron chi connectivity index (χ1n) is 11.7. The first kappa shape index (κ1) is 22.7. The number of carbonyl (C=O) groups is 1. The minimum Gasteiger partial charge on any atom is -0.494 e. The fourth-order valence-corrected chi connectivity index (χ4v) is 4.32. The van der Waals surface area contributed by atoms with E-state index in [2.05, 4.69) is 41.0 Å². The lowest BCUT2D eigenvalue weighted by Gasteiger charge is -2.35. The Balaban J connectivity index is 1.30. The third-order valence-electron chi connectivity index (χ3n) is 6.26. The van der Waals surface area contributed by atoms with Crippen molar-refractivity contribution in [2.24, 2.45) is 5.92 Å². The van der Waals surface area contributed by atoms with E-state index in [-0.39, 0.29) is 12.2 Å². The molecule has 1 aromatic carbocycles. The van der Waals surface area contributed by atoms with Crippen molar-refractivity contribution in [2.75, 3.05) is 57.3 Å². The highest BCUT2D eigenvalue weighted by atomic mass is 16.6. The largest absolute Gasteiger partial charge is 0.494 e. The highest BCUT2D eigenvalue weighted by Gasteiger charge is 2.24. The Labute approximate surface area is 182 Å². The summed E-state index contributed by atoms with van der Waals surface area (Å²) in [7, 11) is 0. The number of hydrogen-bond donors (Lipinski definition) is 0. The summed E-state index contributed by atoms with van der Waals surface area (Å²) >= 11 is 0. The van der Waals surface area contributed by atoms with Gasteiger partial charge in [-0.1, -0.05) is 6.92 Å². The highest BCUT2D eigenvalue weighted by molar-refractivity contribution is 5.67. The van der Waals surface area contributed by atoms with Gasteiger partial charge in [-0.05, 0) is 76.3 Å². The fourth-order valence-electron chi connectivity index (χ4n) is 4.32. The Hall–Kier alpha value is -1.95. The van der Waals surface area contributed by atoms with Crippen molar-refractivity contribution >= 4 is 11.8 Å². The number of piperidine rings is 1. The lowest BCUT2D eigenvalue weighted by atomic mass is 9.92. The number of anilines is 1. The molecule has 1 amide bonds. The number of carbonyl (C=O) groups excluding carboxylic acids is 1. The van der Waals surface area contributed by atoms with Crippen LogP contribution in [0.1, 0.15) is 46.5 Å². The number of likely N-dealkylation sites (N-methyl/N-ethyl adjacent to an activating group) is 1. The van der Waals surface area contributed by atoms with Gasteiger partial charge >= 0.3 is 6.09 Å². The fraction of sp³-hybridized carbons (Fsp3) is 0.708. The molecular weight excluding hydrogens is 378 g/mol. The molecule has 3 rings (SSSR count). The van der Waals surface area contributed by atoms with Gasteiger partial charge in [0.25, 0.3) is 0 Å². The zero-order valence-electron chi connectivity index (χ0n) is 19.0. The second-order valence-electron chi connectivity index (χ2n) is 8.77. The van der Waals surface area contributed by atoms with E-state index in [1.54, 1.807) is 0 Å². The van der Waals surface area contributed by atoms with Crippen LogP contribution in [0.2, 0.25) is 0 Å². The van der Waals surface area contributed by atoms with Crippen LogP contribution < -0.4 is 9.64 Å². The molecule has 2 saturated heterocycles. The van der Waals surface area contributed by atoms with Crippen LogP contribution in [0, 0.1) is 5.92 Å². The van der Waals surface area contributed by atoms with Crippen molar-refractivity contribution in [1.82, 2.24) is 9.80 Å². The van der Waals surface area contributed by atoms with Crippen LogP contribution in [-0.4, -0.2) is 74.4 Å². The van der Waals surface area contributed by atoms with Crippen LogP contribution in [0.5, 0.6) is 5.75 Å². The molecule has 0 radical (unpaired) electrons. The van der Waals surface area contributed by atoms with Crippen LogP contribution in [0.15, 0.2) is 24.3 Å². The topological polar surface area (TPSA) is 45.2 Å². The van der Waals surface area contributed by atoms with E-state index in [4.69, 9.17) is 9.47 Å². The summed E-state index contributed by atoms with van der Waals surface area (Å²) in [6, 6.07) is 8.56. The Kier molecular flexibility index (Phi) is 8.67. The summed E-state index contributed by atoms with van der Waals surface area (Å²) in [4.78, 5) is 18.8. The molecule has 0 spiro atoms. The van der Waals surface area contributed by atoms with Crippen LogP contribution >= 0.6 is 0 Å². The molecule has 0 unspecified atom stereocenters. The number of hydrogen-bond acceptors (Lipinski definition) is 5. The molecule has 2 fully saturated rings. The highest BCUT2D eigenvalue weighted by Crippen LogP contribution is 2.24. The van der Waals surface area contributed by atoms with Gasteiger partial charge in [0.15, 0.2) is 0 Å². The average Bonchev–Trinajstić information content (AvgIpc) is 2.77. The SMILES string of the molecule is CCN1CCN(c2ccc(OCCCC3CCN(C(=O)OC(C)C)CC3)cc2)CC1. The van der Waals surface area contributed by atoms with E-state index in [9.17, 15) is 4.79 Å². The van der Waals surface area contributed by atoms with Crippen molar-refractivity contribution in [3.05, 3.63) is 24.3 Å². The summed E-state index contributed by atoms with van der Waals surface area (Å²) in [6.07, 6.45) is 4.13. The third kappa shape index (κ3) is 6.79. The molecule has 2 heterocycles. The second kappa shape index (κ2) is 11.4. The average molecular weight is 418 g/mol. The number of rotatable bonds is 8. The second-order valence-corrected chi connectivity index (χ2v) is 8.77. The molecule has 1 aromatic rings. The molecule has 2 aliphatic rings. The van der Waals surface area contributed by atoms with Gasteiger partial charge in [0.2, 0.25) is 0 Å². The number of ether oxygens (including phenoxy) is 2. The van der Waals surface area contributed by atoms with Gasteiger partial charge < -0.3 is 24.2 Å². The summed E-state index contributed by atoms with van der Waals surface area (Å²) in [5, 5.41) is 0. The molecule has 0 N–H and O–H groups in total. The first-order valence-corrected chi connectivity index (χ1v) is 11.7. The Morgan fingerprint density at radius 1 is 1.03 bits per heavy atom. The van der Waals surface area contributed by atoms with Gasteiger partial charge in [0.1, 0.15) is 5.75 Å². The normalized spacial score (nSPS) is 18.7. The lowest BCUT2D eigenvalue weighted by molar-refractivity contribution is 0.0643. The maximum Gasteiger partial charge on any atom is 0.410 e. The summed E-state index contributed by atoms with van der Waals surface area (Å²) < 4.78 is 11.3. The number of benzene rings is 1. The molecule has 0 saturated carbocycles. The van der Waals surface area contributed by atoms with Gasteiger partial charge in [0.05, 0.1) is 12.7 Å². The summed E-state index contributed by atoms with van der Waals surface area (Å²) in [5.41, 5.74) is 1.29. The zero-order chi connectivity index (χ0) is 21.3. The predicted octanol–water partition coefficient (Wildman–Crippen LogP) is 4.24. The predicted molar refractivity (Wildman–Crippen MR) is 121 cm³/mol. The van der Waals surface area contributed by atoms with Gasteiger partial charge in [-0.3, -0.25) is 0 Å². The van der Waals surface area contributed by atoms with Crippen molar-refractivity contribution in [3.63, 3.8) is 0 Å². The number of piperazine rings is 1. The molecule has 168 valence electrons. The maximum atomic E-state index is 12.0. The lowest BCUT2D eigenvalue weighted by Crippen LogP contribution is -2.46. The zero-order valence-corrected chi connectivity index (χ0v) is 19.0. The van der Waals surface area contributed by atoms with Gasteiger partial charge in [-0.2, -0.15) is 0 Å². The Bertz CT molecular complexity index is 634. The van der Waals surface area contributed by atoms with E-state index in [0.717, 1.165) is 83.9 Å². The van der Waals surface area contributed by atoms with Crippen molar-refractivity contribution in [2.45, 2.75) is 52.6 Å². The Morgan fingerprint density at radius 2 is 1.70 bits per heavy atom. The number of amides is 1. The molecule has 2 aliphatic heterocycles. The molecular formula is C24H39N3O3. The molecule has 6 nitrogen and oxygen atoms in total. The van der Waals surface area contributed by atoms with Gasteiger partial charge in [0, 0.05) is 45.0 Å². The van der Waals surface area contributed by atoms with Gasteiger partial charge in [-0.15, -0.1) is 0 Å². The van der Waals surface area contributed by atoms with Crippen molar-refractivity contribution in [1.29, 1.82) is 0 Å². The summed E-state index contributed by atoms with van der Waals surface area (Å²) in [6.45, 7) is 14.0. The first-order chi connectivity index (χ1) is 14.5. The number of nitrogens with zero attached hydrogens (tertiary/aromatic N) is 3. The van der Waals surface area contributed by atoms with Crippen LogP contribution in [0.3, 0.4) is 0 Å². The smallest absolute Gasteiger partial charge is 0.410 e. The van der Waals surface area contributed by atoms with Crippen molar-refractivity contribution < 1.29 is 14.3 Å². The maximum absolute atomic E-state index is 12.0. The molecule has 0 bridgehead atoms. The molecule has 0 atom stereocenters. The van der Waals surface area contributed by atoms with E-state index in [1.165, 1.54) is 5.69 Å². The number of likely N-dealkylation sites (tertiary alicyclic amines) is 1. The van der Waals surface area contributed by atoms with Crippen LogP contribution in [0.25, 0.3) is 0 Å². The summed E-state index contributed by atoms with van der Waals surface area (Å²) in [5.74, 6) is 1.64. The minimum atomic E-state index is -0.164. The molecule has 30 heavy (non-hydrogen) atoms. The van der Waals surface area contributed by atoms with Gasteiger partial charge in [-0.25, -0.2) is 4.79 Å². The van der Waals surface area contributed by atoms with Crippen molar-refractivity contribution in [3.8, 4) is 5.75 Å². The van der Waals surface area contributed by atoms with E-state index in [0.29, 0.717) is 5.92 Å². The Morgan fingerprint density at radius 3 is 2.30 bits per heavy atom. The van der Waals surface area contributed by atoms with E-state index in [1.807, 2.05) is 18.7 Å². The quantitative estimate of drug-likeness (QED) is 0.592. The molecule has 0 aliphatic carbocycles. The van der Waals surface area contributed by atoms with Crippen LogP contribution in [0.4, 0.5) is 10.5 Å². The van der Waals surface area contributed by atoms with E-state index >= 15 is 0 Å². The third-order valence-corrected chi connectivity index (χ3v) is 6.26. The molecule has 6 heteroatoms. The standard InChI is InChI=1S/C24H39N3O3/c1-4-25-15-17-26(18-16-25)22-7-9-23(10-8-22)29-19-5-6-21-11-13-27(14-12-21)24(28)30-20(2)3/h7-10,20-21H,4-6,11-19H2,1-3H3.